The van der Waals surface area contributed by atoms with Gasteiger partial charge in [-0.25, -0.2) is 9.69 Å². The summed E-state index contributed by atoms with van der Waals surface area (Å²) in [7, 11) is 0. The van der Waals surface area contributed by atoms with Crippen molar-refractivity contribution in [1.82, 2.24) is 14.8 Å². The van der Waals surface area contributed by atoms with Crippen molar-refractivity contribution in [2.24, 2.45) is 5.10 Å². The van der Waals surface area contributed by atoms with Crippen LogP contribution < -0.4 is 0 Å². The van der Waals surface area contributed by atoms with Crippen LogP contribution in [0, 0.1) is 10.1 Å². The summed E-state index contributed by atoms with van der Waals surface area (Å²) in [6.07, 6.45) is 2.39. The second kappa shape index (κ2) is 10.2. The van der Waals surface area contributed by atoms with Crippen molar-refractivity contribution in [3.8, 4) is 16.9 Å². The van der Waals surface area contributed by atoms with Gasteiger partial charge in [0, 0.05) is 41.4 Å². The third-order valence-electron chi connectivity index (χ3n) is 6.72. The summed E-state index contributed by atoms with van der Waals surface area (Å²) in [5, 5.41) is 22.4. The standard InChI is InChI=1S/C31H23N5O3/c37-31(24-12-6-2-7-13-24)35-29(20-28(32-35)22-16-18-26(19-17-22)36(38)39)27-21-34(25-14-8-3-9-15-25)33-30(27)23-10-4-1-5-11-23/h1-19,21,29H,20H2/t29-/m1/s1. The van der Waals surface area contributed by atoms with Gasteiger partial charge in [-0.05, 0) is 42.0 Å². The second-order valence-electron chi connectivity index (χ2n) is 9.17. The highest BCUT2D eigenvalue weighted by atomic mass is 16.6. The predicted octanol–water partition coefficient (Wildman–Crippen LogP) is 6.44. The maximum atomic E-state index is 13.8. The Balaban J connectivity index is 1.47. The molecule has 5 aromatic rings. The number of carbonyl (C=O) groups excluding carboxylic acids is 1. The van der Waals surface area contributed by atoms with Gasteiger partial charge in [0.15, 0.2) is 0 Å². The zero-order valence-corrected chi connectivity index (χ0v) is 20.8. The van der Waals surface area contributed by atoms with Gasteiger partial charge in [0.25, 0.3) is 11.6 Å². The predicted molar refractivity (Wildman–Crippen MR) is 149 cm³/mol. The van der Waals surface area contributed by atoms with Gasteiger partial charge < -0.3 is 0 Å². The fourth-order valence-electron chi connectivity index (χ4n) is 4.77. The lowest BCUT2D eigenvalue weighted by Gasteiger charge is -2.22. The number of hydrogen-bond acceptors (Lipinski definition) is 5. The van der Waals surface area contributed by atoms with Crippen LogP contribution in [-0.4, -0.2) is 31.3 Å². The first-order valence-electron chi connectivity index (χ1n) is 12.5. The van der Waals surface area contributed by atoms with Gasteiger partial charge in [-0.1, -0.05) is 66.7 Å². The smallest absolute Gasteiger partial charge is 0.267 e. The van der Waals surface area contributed by atoms with E-state index in [1.807, 2.05) is 89.7 Å². The van der Waals surface area contributed by atoms with E-state index in [0.29, 0.717) is 17.7 Å². The minimum atomic E-state index is -0.435. The quantitative estimate of drug-likeness (QED) is 0.193. The van der Waals surface area contributed by atoms with Crippen molar-refractivity contribution >= 4 is 17.3 Å². The Morgan fingerprint density at radius 2 is 1.41 bits per heavy atom. The molecule has 0 radical (unpaired) electrons. The van der Waals surface area contributed by atoms with E-state index in [9.17, 15) is 14.9 Å². The van der Waals surface area contributed by atoms with Crippen LogP contribution in [0.3, 0.4) is 0 Å². The molecule has 1 amide bonds. The number of non-ortho nitro benzene ring substituents is 1. The van der Waals surface area contributed by atoms with Crippen LogP contribution in [0.25, 0.3) is 16.9 Å². The Bertz CT molecular complexity index is 1660. The Hall–Kier alpha value is -5.37. The first-order chi connectivity index (χ1) is 19.1. The molecule has 4 aromatic carbocycles. The van der Waals surface area contributed by atoms with Crippen molar-refractivity contribution < 1.29 is 9.72 Å². The van der Waals surface area contributed by atoms with Gasteiger partial charge >= 0.3 is 0 Å². The number of hydrogen-bond donors (Lipinski definition) is 0. The van der Waals surface area contributed by atoms with Gasteiger partial charge in [-0.2, -0.15) is 10.2 Å². The van der Waals surface area contributed by atoms with Crippen LogP contribution in [0.5, 0.6) is 0 Å². The number of carbonyl (C=O) groups is 1. The first-order valence-corrected chi connectivity index (χ1v) is 12.5. The fourth-order valence-corrected chi connectivity index (χ4v) is 4.77. The fraction of sp³-hybridized carbons (Fsp3) is 0.0645. The molecule has 2 heterocycles. The van der Waals surface area contributed by atoms with Crippen LogP contribution in [0.4, 0.5) is 5.69 Å². The van der Waals surface area contributed by atoms with Gasteiger partial charge in [-0.15, -0.1) is 0 Å². The Labute approximate surface area is 224 Å². The maximum Gasteiger partial charge on any atom is 0.274 e. The number of nitro benzene ring substituents is 1. The van der Waals surface area contributed by atoms with Crippen LogP contribution in [0.2, 0.25) is 0 Å². The van der Waals surface area contributed by atoms with Gasteiger partial charge in [0.1, 0.15) is 0 Å². The highest BCUT2D eigenvalue weighted by Gasteiger charge is 2.36. The van der Waals surface area contributed by atoms with E-state index >= 15 is 0 Å². The number of hydrazone groups is 1. The van der Waals surface area contributed by atoms with E-state index in [-0.39, 0.29) is 11.6 Å². The molecule has 190 valence electrons. The third kappa shape index (κ3) is 4.71. The van der Waals surface area contributed by atoms with Gasteiger partial charge in [0.2, 0.25) is 0 Å². The largest absolute Gasteiger partial charge is 0.274 e. The van der Waals surface area contributed by atoms with E-state index in [4.69, 9.17) is 10.2 Å². The van der Waals surface area contributed by atoms with Crippen molar-refractivity contribution in [1.29, 1.82) is 0 Å². The number of rotatable bonds is 6. The zero-order chi connectivity index (χ0) is 26.8. The van der Waals surface area contributed by atoms with Gasteiger partial charge in [-0.3, -0.25) is 14.9 Å². The second-order valence-corrected chi connectivity index (χ2v) is 9.17. The normalized spacial score (nSPS) is 14.7. The Morgan fingerprint density at radius 1 is 0.795 bits per heavy atom. The van der Waals surface area contributed by atoms with Crippen LogP contribution in [0.1, 0.15) is 33.9 Å². The zero-order valence-electron chi connectivity index (χ0n) is 20.8. The molecule has 0 fully saturated rings. The molecular weight excluding hydrogens is 490 g/mol. The van der Waals surface area contributed by atoms with E-state index < -0.39 is 11.0 Å². The summed E-state index contributed by atoms with van der Waals surface area (Å²) in [6, 6.07) is 34.6. The first kappa shape index (κ1) is 24.0. The number of para-hydroxylation sites is 1. The molecule has 1 atom stereocenters. The molecule has 0 spiro atoms. The minimum absolute atomic E-state index is 0.00150. The van der Waals surface area contributed by atoms with Crippen LogP contribution in [-0.2, 0) is 0 Å². The number of nitrogens with zero attached hydrogens (tertiary/aromatic N) is 5. The summed E-state index contributed by atoms with van der Waals surface area (Å²) >= 11 is 0. The van der Waals surface area contributed by atoms with Gasteiger partial charge in [0.05, 0.1) is 28.1 Å². The molecule has 0 aliphatic carbocycles. The highest BCUT2D eigenvalue weighted by Crippen LogP contribution is 2.39. The SMILES string of the molecule is O=C(c1ccccc1)N1N=C(c2ccc([N+](=O)[O-])cc2)C[C@@H]1c1cn(-c2ccccc2)nc1-c1ccccc1. The molecule has 0 N–H and O–H groups in total. The average molecular weight is 514 g/mol. The molecule has 1 aliphatic rings. The summed E-state index contributed by atoms with van der Waals surface area (Å²) in [5.41, 5.74) is 5.37. The number of aromatic nitrogens is 2. The summed E-state index contributed by atoms with van der Waals surface area (Å²) in [4.78, 5) is 24.5. The summed E-state index contributed by atoms with van der Waals surface area (Å²) in [6.45, 7) is 0. The van der Waals surface area contributed by atoms with Crippen molar-refractivity contribution in [2.45, 2.75) is 12.5 Å². The molecule has 8 heteroatoms. The lowest BCUT2D eigenvalue weighted by Crippen LogP contribution is -2.27. The summed E-state index contributed by atoms with van der Waals surface area (Å²) < 4.78 is 1.83. The number of amides is 1. The lowest BCUT2D eigenvalue weighted by atomic mass is 9.96. The Kier molecular flexibility index (Phi) is 6.26. The molecular formula is C31H23N5O3. The van der Waals surface area contributed by atoms with Crippen LogP contribution >= 0.6 is 0 Å². The van der Waals surface area contributed by atoms with Crippen LogP contribution in [0.15, 0.2) is 127 Å². The molecule has 0 saturated carbocycles. The molecule has 8 nitrogen and oxygen atoms in total. The van der Waals surface area contributed by atoms with E-state index in [1.165, 1.54) is 17.1 Å². The molecule has 0 unspecified atom stereocenters. The minimum Gasteiger partial charge on any atom is -0.267 e. The monoisotopic (exact) mass is 513 g/mol. The van der Waals surface area contributed by atoms with E-state index in [1.54, 1.807) is 24.3 Å². The van der Waals surface area contributed by atoms with E-state index in [2.05, 4.69) is 0 Å². The molecule has 1 aromatic heterocycles. The molecule has 1 aliphatic heterocycles. The number of nitro groups is 1. The molecule has 6 rings (SSSR count). The highest BCUT2D eigenvalue weighted by molar-refractivity contribution is 6.05. The maximum absolute atomic E-state index is 13.8. The molecule has 0 bridgehead atoms. The Morgan fingerprint density at radius 3 is 2.05 bits per heavy atom. The van der Waals surface area contributed by atoms with E-state index in [0.717, 1.165) is 28.1 Å². The van der Waals surface area contributed by atoms with Crippen molar-refractivity contribution in [2.75, 3.05) is 0 Å². The molecule has 0 saturated heterocycles. The van der Waals surface area contributed by atoms with Crippen molar-refractivity contribution in [3.05, 3.63) is 148 Å². The topological polar surface area (TPSA) is 93.6 Å². The van der Waals surface area contributed by atoms with Crippen molar-refractivity contribution in [3.63, 3.8) is 0 Å². The summed E-state index contributed by atoms with van der Waals surface area (Å²) in [5.74, 6) is -0.232. The number of benzene rings is 4. The molecule has 39 heavy (non-hydrogen) atoms. The lowest BCUT2D eigenvalue weighted by molar-refractivity contribution is -0.384. The third-order valence-corrected chi connectivity index (χ3v) is 6.72. The average Bonchev–Trinajstić information content (AvgIpc) is 3.64.